The summed E-state index contributed by atoms with van der Waals surface area (Å²) in [5.74, 6) is -0.906. The highest BCUT2D eigenvalue weighted by Gasteiger charge is 2.26. The number of nitrogens with two attached hydrogens (primary N) is 1. The van der Waals surface area contributed by atoms with Crippen molar-refractivity contribution in [3.63, 3.8) is 0 Å². The standard InChI is InChI=1S/C11H16N2O2/c1-8(12)10(11(14)15)13(2)9-6-4-3-5-7-9/h3-8,10H,12H2,1-2H3,(H,14,15)/t8?,10-/m1/s1. The van der Waals surface area contributed by atoms with Crippen LogP contribution in [0.15, 0.2) is 30.3 Å². The average Bonchev–Trinajstić information content (AvgIpc) is 2.18. The van der Waals surface area contributed by atoms with Gasteiger partial charge in [0.15, 0.2) is 0 Å². The van der Waals surface area contributed by atoms with E-state index in [2.05, 4.69) is 0 Å². The fourth-order valence-electron chi connectivity index (χ4n) is 1.57. The predicted molar refractivity (Wildman–Crippen MR) is 59.9 cm³/mol. The molecule has 1 aromatic carbocycles. The molecule has 0 amide bonds. The number of aliphatic carboxylic acids is 1. The first-order chi connectivity index (χ1) is 7.04. The Morgan fingerprint density at radius 1 is 1.40 bits per heavy atom. The number of rotatable bonds is 4. The molecule has 82 valence electrons. The van der Waals surface area contributed by atoms with Crippen LogP contribution in [0.3, 0.4) is 0 Å². The van der Waals surface area contributed by atoms with Crippen LogP contribution in [0.5, 0.6) is 0 Å². The molecule has 1 unspecified atom stereocenters. The molecule has 0 spiro atoms. The molecule has 15 heavy (non-hydrogen) atoms. The molecule has 4 nitrogen and oxygen atoms in total. The van der Waals surface area contributed by atoms with Gasteiger partial charge < -0.3 is 15.7 Å². The molecule has 0 heterocycles. The summed E-state index contributed by atoms with van der Waals surface area (Å²) in [4.78, 5) is 12.7. The SMILES string of the molecule is CC(N)[C@H](C(=O)O)N(C)c1ccccc1. The van der Waals surface area contributed by atoms with Gasteiger partial charge in [-0.15, -0.1) is 0 Å². The zero-order chi connectivity index (χ0) is 11.4. The Labute approximate surface area is 89.3 Å². The van der Waals surface area contributed by atoms with Crippen molar-refractivity contribution >= 4 is 11.7 Å². The number of para-hydroxylation sites is 1. The van der Waals surface area contributed by atoms with Crippen LogP contribution in [0.2, 0.25) is 0 Å². The van der Waals surface area contributed by atoms with Gasteiger partial charge in [0.05, 0.1) is 0 Å². The van der Waals surface area contributed by atoms with Crippen LogP contribution in [0.1, 0.15) is 6.92 Å². The monoisotopic (exact) mass is 208 g/mol. The molecule has 3 N–H and O–H groups in total. The normalized spacial score (nSPS) is 14.3. The molecule has 0 radical (unpaired) electrons. The quantitative estimate of drug-likeness (QED) is 0.772. The van der Waals surface area contributed by atoms with Crippen LogP contribution in [-0.4, -0.2) is 30.2 Å². The van der Waals surface area contributed by atoms with Gasteiger partial charge in [-0.05, 0) is 19.1 Å². The van der Waals surface area contributed by atoms with Crippen LogP contribution < -0.4 is 10.6 Å². The number of carboxylic acid groups (broad SMARTS) is 1. The van der Waals surface area contributed by atoms with Gasteiger partial charge in [0.25, 0.3) is 0 Å². The van der Waals surface area contributed by atoms with Crippen LogP contribution in [0.25, 0.3) is 0 Å². The number of likely N-dealkylation sites (N-methyl/N-ethyl adjacent to an activating group) is 1. The maximum atomic E-state index is 11.0. The minimum Gasteiger partial charge on any atom is -0.480 e. The second kappa shape index (κ2) is 4.79. The highest BCUT2D eigenvalue weighted by Crippen LogP contribution is 2.15. The number of anilines is 1. The average molecular weight is 208 g/mol. The fraction of sp³-hybridized carbons (Fsp3) is 0.364. The minimum atomic E-state index is -0.906. The zero-order valence-electron chi connectivity index (χ0n) is 8.92. The predicted octanol–water partition coefficient (Wildman–Crippen LogP) is 0.923. The van der Waals surface area contributed by atoms with Gasteiger partial charge in [-0.25, -0.2) is 4.79 Å². The molecule has 0 bridgehead atoms. The molecule has 1 aromatic rings. The van der Waals surface area contributed by atoms with Crippen molar-refractivity contribution in [3.05, 3.63) is 30.3 Å². The van der Waals surface area contributed by atoms with E-state index >= 15 is 0 Å². The second-order valence-corrected chi connectivity index (χ2v) is 3.59. The molecular formula is C11H16N2O2. The first-order valence-corrected chi connectivity index (χ1v) is 4.80. The molecule has 4 heteroatoms. The lowest BCUT2D eigenvalue weighted by Gasteiger charge is -2.29. The zero-order valence-corrected chi connectivity index (χ0v) is 8.92. The van der Waals surface area contributed by atoms with Crippen LogP contribution >= 0.6 is 0 Å². The van der Waals surface area contributed by atoms with Gasteiger partial charge >= 0.3 is 5.97 Å². The first-order valence-electron chi connectivity index (χ1n) is 4.80. The molecule has 1 rings (SSSR count). The van der Waals surface area contributed by atoms with Gasteiger partial charge in [0.2, 0.25) is 0 Å². The van der Waals surface area contributed by atoms with E-state index < -0.39 is 18.1 Å². The molecule has 0 saturated heterocycles. The molecule has 0 aliphatic rings. The van der Waals surface area contributed by atoms with E-state index in [0.717, 1.165) is 5.69 Å². The molecule has 0 aliphatic carbocycles. The smallest absolute Gasteiger partial charge is 0.327 e. The lowest BCUT2D eigenvalue weighted by molar-refractivity contribution is -0.138. The lowest BCUT2D eigenvalue weighted by Crippen LogP contribution is -2.49. The highest BCUT2D eigenvalue weighted by atomic mass is 16.4. The van der Waals surface area contributed by atoms with E-state index in [4.69, 9.17) is 10.8 Å². The third-order valence-corrected chi connectivity index (χ3v) is 2.33. The summed E-state index contributed by atoms with van der Waals surface area (Å²) in [6.07, 6.45) is 0. The van der Waals surface area contributed by atoms with Crippen molar-refractivity contribution in [3.8, 4) is 0 Å². The molecule has 0 saturated carbocycles. The van der Waals surface area contributed by atoms with Crippen LogP contribution in [-0.2, 0) is 4.79 Å². The van der Waals surface area contributed by atoms with Crippen molar-refractivity contribution in [1.29, 1.82) is 0 Å². The van der Waals surface area contributed by atoms with Gasteiger partial charge in [0.1, 0.15) is 6.04 Å². The van der Waals surface area contributed by atoms with E-state index in [1.54, 1.807) is 18.9 Å². The third kappa shape index (κ3) is 2.70. The largest absolute Gasteiger partial charge is 0.480 e. The number of hydrogen-bond donors (Lipinski definition) is 2. The Hall–Kier alpha value is -1.55. The van der Waals surface area contributed by atoms with Gasteiger partial charge in [-0.2, -0.15) is 0 Å². The maximum absolute atomic E-state index is 11.0. The van der Waals surface area contributed by atoms with Crippen molar-refractivity contribution in [2.45, 2.75) is 19.0 Å². The summed E-state index contributed by atoms with van der Waals surface area (Å²) in [5, 5.41) is 9.05. The number of hydrogen-bond acceptors (Lipinski definition) is 3. The second-order valence-electron chi connectivity index (χ2n) is 3.59. The first kappa shape index (κ1) is 11.5. The topological polar surface area (TPSA) is 66.6 Å². The third-order valence-electron chi connectivity index (χ3n) is 2.33. The molecule has 0 fully saturated rings. The van der Waals surface area contributed by atoms with Crippen molar-refractivity contribution in [1.82, 2.24) is 0 Å². The van der Waals surface area contributed by atoms with Crippen LogP contribution in [0.4, 0.5) is 5.69 Å². The summed E-state index contributed by atoms with van der Waals surface area (Å²) < 4.78 is 0. The molecule has 0 aromatic heterocycles. The van der Waals surface area contributed by atoms with E-state index in [1.807, 2.05) is 30.3 Å². The van der Waals surface area contributed by atoms with Crippen molar-refractivity contribution in [2.75, 3.05) is 11.9 Å². The fourth-order valence-corrected chi connectivity index (χ4v) is 1.57. The molecular weight excluding hydrogens is 192 g/mol. The van der Waals surface area contributed by atoms with E-state index in [9.17, 15) is 4.79 Å². The maximum Gasteiger partial charge on any atom is 0.327 e. The summed E-state index contributed by atoms with van der Waals surface area (Å²) in [5.41, 5.74) is 6.50. The number of benzene rings is 1. The van der Waals surface area contributed by atoms with Crippen LogP contribution in [0, 0.1) is 0 Å². The molecule has 0 aliphatic heterocycles. The summed E-state index contributed by atoms with van der Waals surface area (Å²) >= 11 is 0. The number of nitrogens with zero attached hydrogens (tertiary/aromatic N) is 1. The Morgan fingerprint density at radius 2 is 1.93 bits per heavy atom. The van der Waals surface area contributed by atoms with Gasteiger partial charge in [-0.1, -0.05) is 18.2 Å². The summed E-state index contributed by atoms with van der Waals surface area (Å²) in [7, 11) is 1.73. The lowest BCUT2D eigenvalue weighted by atomic mass is 10.1. The number of carbonyl (C=O) groups is 1. The van der Waals surface area contributed by atoms with Crippen molar-refractivity contribution < 1.29 is 9.90 Å². The Bertz CT molecular complexity index is 325. The Balaban J connectivity index is 2.91. The van der Waals surface area contributed by atoms with E-state index in [-0.39, 0.29) is 0 Å². The van der Waals surface area contributed by atoms with E-state index in [0.29, 0.717) is 0 Å². The summed E-state index contributed by atoms with van der Waals surface area (Å²) in [6, 6.07) is 8.22. The Morgan fingerprint density at radius 3 is 2.33 bits per heavy atom. The minimum absolute atomic E-state index is 0.423. The Kier molecular flexibility index (Phi) is 3.68. The number of carboxylic acids is 1. The van der Waals surface area contributed by atoms with Gasteiger partial charge in [0, 0.05) is 18.8 Å². The van der Waals surface area contributed by atoms with Crippen molar-refractivity contribution in [2.24, 2.45) is 5.73 Å². The highest BCUT2D eigenvalue weighted by molar-refractivity contribution is 5.79. The molecule has 2 atom stereocenters. The van der Waals surface area contributed by atoms with E-state index in [1.165, 1.54) is 0 Å². The van der Waals surface area contributed by atoms with Gasteiger partial charge in [-0.3, -0.25) is 0 Å². The summed E-state index contributed by atoms with van der Waals surface area (Å²) in [6.45, 7) is 1.69.